The molecule has 0 atom stereocenters. The molecule has 2 aromatic rings. The summed E-state index contributed by atoms with van der Waals surface area (Å²) in [5.74, 6) is 0.277. The van der Waals surface area contributed by atoms with Crippen LogP contribution < -0.4 is 5.73 Å². The highest BCUT2D eigenvalue weighted by Gasteiger charge is 2.02. The molecule has 0 unspecified atom stereocenters. The molecule has 2 rings (SSSR count). The van der Waals surface area contributed by atoms with Crippen LogP contribution in [0.5, 0.6) is 0 Å². The lowest BCUT2D eigenvalue weighted by Gasteiger charge is -2.02. The summed E-state index contributed by atoms with van der Waals surface area (Å²) in [6, 6.07) is 15.2. The monoisotopic (exact) mass is 195 g/mol. The first-order chi connectivity index (χ1) is 7.31. The van der Waals surface area contributed by atoms with Gasteiger partial charge in [0.25, 0.3) is 0 Å². The number of nitriles is 1. The van der Waals surface area contributed by atoms with E-state index in [9.17, 15) is 0 Å². The number of pyridine rings is 1. The van der Waals surface area contributed by atoms with Crippen molar-refractivity contribution >= 4 is 5.82 Å². The molecule has 2 N–H and O–H groups in total. The van der Waals surface area contributed by atoms with E-state index in [0.29, 0.717) is 5.56 Å². The molecule has 72 valence electrons. The van der Waals surface area contributed by atoms with Crippen LogP contribution in [-0.4, -0.2) is 4.98 Å². The molecule has 0 amide bonds. The number of anilines is 1. The van der Waals surface area contributed by atoms with Crippen LogP contribution in [0.1, 0.15) is 5.56 Å². The minimum atomic E-state index is 0.277. The van der Waals surface area contributed by atoms with Gasteiger partial charge in [-0.05, 0) is 12.1 Å². The van der Waals surface area contributed by atoms with Crippen molar-refractivity contribution in [1.82, 2.24) is 4.98 Å². The molecule has 0 fully saturated rings. The standard InChI is InChI=1S/C12H9N3/c13-8-10-6-7-11(15-12(10)14)9-4-2-1-3-5-9/h1-7H,(H2,14,15). The number of nitrogens with zero attached hydrogens (tertiary/aromatic N) is 2. The Kier molecular flexibility index (Phi) is 2.34. The zero-order valence-electron chi connectivity index (χ0n) is 8.01. The zero-order chi connectivity index (χ0) is 10.7. The zero-order valence-corrected chi connectivity index (χ0v) is 8.01. The van der Waals surface area contributed by atoms with Crippen LogP contribution in [-0.2, 0) is 0 Å². The lowest BCUT2D eigenvalue weighted by Crippen LogP contribution is -1.95. The average Bonchev–Trinajstić information content (AvgIpc) is 2.30. The van der Waals surface area contributed by atoms with Crippen molar-refractivity contribution in [2.45, 2.75) is 0 Å². The Morgan fingerprint density at radius 2 is 1.80 bits per heavy atom. The number of nitrogen functional groups attached to an aromatic ring is 1. The molecule has 0 aliphatic heterocycles. The Labute approximate surface area is 87.8 Å². The molecule has 1 heterocycles. The number of rotatable bonds is 1. The van der Waals surface area contributed by atoms with Gasteiger partial charge in [-0.1, -0.05) is 30.3 Å². The molecule has 15 heavy (non-hydrogen) atoms. The quantitative estimate of drug-likeness (QED) is 0.758. The minimum Gasteiger partial charge on any atom is -0.383 e. The molecule has 0 saturated carbocycles. The van der Waals surface area contributed by atoms with E-state index in [1.165, 1.54) is 0 Å². The second-order valence-electron chi connectivity index (χ2n) is 3.11. The number of benzene rings is 1. The lowest BCUT2D eigenvalue weighted by atomic mass is 10.1. The molecular weight excluding hydrogens is 186 g/mol. The fourth-order valence-electron chi connectivity index (χ4n) is 1.34. The highest BCUT2D eigenvalue weighted by Crippen LogP contribution is 2.19. The summed E-state index contributed by atoms with van der Waals surface area (Å²) in [4.78, 5) is 4.17. The Bertz CT molecular complexity index is 512. The van der Waals surface area contributed by atoms with E-state index in [4.69, 9.17) is 11.0 Å². The first kappa shape index (κ1) is 9.22. The molecule has 0 aliphatic rings. The van der Waals surface area contributed by atoms with Gasteiger partial charge in [-0.2, -0.15) is 5.26 Å². The molecule has 0 bridgehead atoms. The van der Waals surface area contributed by atoms with E-state index < -0.39 is 0 Å². The SMILES string of the molecule is N#Cc1ccc(-c2ccccc2)nc1N. The molecular formula is C12H9N3. The van der Waals surface area contributed by atoms with Crippen LogP contribution in [0.4, 0.5) is 5.82 Å². The maximum Gasteiger partial charge on any atom is 0.142 e. The first-order valence-corrected chi connectivity index (χ1v) is 4.53. The van der Waals surface area contributed by atoms with Crippen molar-refractivity contribution in [3.63, 3.8) is 0 Å². The molecule has 0 aliphatic carbocycles. The summed E-state index contributed by atoms with van der Waals surface area (Å²) >= 11 is 0. The second kappa shape index (κ2) is 3.81. The van der Waals surface area contributed by atoms with Gasteiger partial charge in [0.2, 0.25) is 0 Å². The van der Waals surface area contributed by atoms with Crippen molar-refractivity contribution in [1.29, 1.82) is 5.26 Å². The molecule has 1 aromatic carbocycles. The van der Waals surface area contributed by atoms with Crippen molar-refractivity contribution in [2.75, 3.05) is 5.73 Å². The van der Waals surface area contributed by atoms with Gasteiger partial charge in [0, 0.05) is 5.56 Å². The Morgan fingerprint density at radius 1 is 1.07 bits per heavy atom. The van der Waals surface area contributed by atoms with Crippen LogP contribution in [0.15, 0.2) is 42.5 Å². The van der Waals surface area contributed by atoms with E-state index in [0.717, 1.165) is 11.3 Å². The van der Waals surface area contributed by atoms with E-state index in [1.807, 2.05) is 36.4 Å². The van der Waals surface area contributed by atoms with Gasteiger partial charge in [0.15, 0.2) is 0 Å². The maximum atomic E-state index is 8.71. The predicted octanol–water partition coefficient (Wildman–Crippen LogP) is 2.20. The second-order valence-corrected chi connectivity index (χ2v) is 3.11. The smallest absolute Gasteiger partial charge is 0.142 e. The Balaban J connectivity index is 2.49. The third kappa shape index (κ3) is 1.79. The summed E-state index contributed by atoms with van der Waals surface area (Å²) in [6.45, 7) is 0. The van der Waals surface area contributed by atoms with Crippen molar-refractivity contribution in [3.05, 3.63) is 48.0 Å². The fraction of sp³-hybridized carbons (Fsp3) is 0. The van der Waals surface area contributed by atoms with Gasteiger partial charge in [-0.25, -0.2) is 4.98 Å². The number of hydrogen-bond donors (Lipinski definition) is 1. The summed E-state index contributed by atoms with van der Waals surface area (Å²) in [7, 11) is 0. The minimum absolute atomic E-state index is 0.277. The summed E-state index contributed by atoms with van der Waals surface area (Å²) in [5.41, 5.74) is 7.83. The number of hydrogen-bond acceptors (Lipinski definition) is 3. The largest absolute Gasteiger partial charge is 0.383 e. The summed E-state index contributed by atoms with van der Waals surface area (Å²) < 4.78 is 0. The van der Waals surface area contributed by atoms with E-state index in [2.05, 4.69) is 4.98 Å². The van der Waals surface area contributed by atoms with Gasteiger partial charge in [-0.15, -0.1) is 0 Å². The third-order valence-electron chi connectivity index (χ3n) is 2.11. The van der Waals surface area contributed by atoms with E-state index in [1.54, 1.807) is 12.1 Å². The number of nitrogens with two attached hydrogens (primary N) is 1. The van der Waals surface area contributed by atoms with Gasteiger partial charge in [-0.3, -0.25) is 0 Å². The van der Waals surface area contributed by atoms with Crippen LogP contribution in [0, 0.1) is 11.3 Å². The van der Waals surface area contributed by atoms with Crippen LogP contribution in [0.2, 0.25) is 0 Å². The predicted molar refractivity (Wildman–Crippen MR) is 58.8 cm³/mol. The highest BCUT2D eigenvalue weighted by molar-refractivity contribution is 5.63. The molecule has 0 spiro atoms. The van der Waals surface area contributed by atoms with Crippen LogP contribution >= 0.6 is 0 Å². The van der Waals surface area contributed by atoms with Crippen molar-refractivity contribution in [3.8, 4) is 17.3 Å². The highest BCUT2D eigenvalue weighted by atomic mass is 14.8. The Morgan fingerprint density at radius 3 is 2.40 bits per heavy atom. The molecule has 1 aromatic heterocycles. The lowest BCUT2D eigenvalue weighted by molar-refractivity contribution is 1.31. The number of aromatic nitrogens is 1. The first-order valence-electron chi connectivity index (χ1n) is 4.53. The Hall–Kier alpha value is -2.34. The van der Waals surface area contributed by atoms with E-state index in [-0.39, 0.29) is 5.82 Å². The summed E-state index contributed by atoms with van der Waals surface area (Å²) in [6.07, 6.45) is 0. The van der Waals surface area contributed by atoms with Gasteiger partial charge in [0.1, 0.15) is 11.9 Å². The van der Waals surface area contributed by atoms with Crippen molar-refractivity contribution < 1.29 is 0 Å². The maximum absolute atomic E-state index is 8.71. The van der Waals surface area contributed by atoms with Gasteiger partial charge < -0.3 is 5.73 Å². The van der Waals surface area contributed by atoms with Crippen LogP contribution in [0.3, 0.4) is 0 Å². The topological polar surface area (TPSA) is 62.7 Å². The third-order valence-corrected chi connectivity index (χ3v) is 2.11. The van der Waals surface area contributed by atoms with E-state index >= 15 is 0 Å². The van der Waals surface area contributed by atoms with Crippen LogP contribution in [0.25, 0.3) is 11.3 Å². The summed E-state index contributed by atoms with van der Waals surface area (Å²) in [5, 5.41) is 8.71. The molecule has 3 heteroatoms. The average molecular weight is 195 g/mol. The van der Waals surface area contributed by atoms with Gasteiger partial charge >= 0.3 is 0 Å². The fourth-order valence-corrected chi connectivity index (χ4v) is 1.34. The van der Waals surface area contributed by atoms with Gasteiger partial charge in [0.05, 0.1) is 11.3 Å². The molecule has 3 nitrogen and oxygen atoms in total. The normalized spacial score (nSPS) is 9.53. The van der Waals surface area contributed by atoms with Crippen molar-refractivity contribution in [2.24, 2.45) is 0 Å². The molecule has 0 radical (unpaired) electrons. The molecule has 0 saturated heterocycles.